The molecule has 1 amide bonds. The van der Waals surface area contributed by atoms with E-state index in [1.165, 1.54) is 13.0 Å². The summed E-state index contributed by atoms with van der Waals surface area (Å²) in [5, 5.41) is 11.2. The van der Waals surface area contributed by atoms with Crippen LogP contribution in [0.1, 0.15) is 12.5 Å². The number of rotatable bonds is 1. The summed E-state index contributed by atoms with van der Waals surface area (Å²) in [6.45, 7) is 1.37. The van der Waals surface area contributed by atoms with E-state index in [1.54, 1.807) is 0 Å². The van der Waals surface area contributed by atoms with Crippen LogP contribution in [-0.2, 0) is 4.79 Å². The van der Waals surface area contributed by atoms with Gasteiger partial charge in [-0.15, -0.1) is 0 Å². The molecule has 1 aromatic heterocycles. The first-order chi connectivity index (χ1) is 6.54. The Bertz CT molecular complexity index is 401. The lowest BCUT2D eigenvalue weighted by atomic mass is 10.2. The second-order valence-corrected chi connectivity index (χ2v) is 3.31. The summed E-state index contributed by atoms with van der Waals surface area (Å²) >= 11 is 3.08. The van der Waals surface area contributed by atoms with E-state index in [0.717, 1.165) is 0 Å². The summed E-state index contributed by atoms with van der Waals surface area (Å²) in [6.07, 6.45) is 0. The van der Waals surface area contributed by atoms with Crippen molar-refractivity contribution < 1.29 is 4.79 Å². The number of nitrogen functional groups attached to an aromatic ring is 1. The number of hydrogen-bond donors (Lipinski definition) is 2. The minimum Gasteiger partial charge on any atom is -0.397 e. The van der Waals surface area contributed by atoms with Crippen LogP contribution in [0.25, 0.3) is 0 Å². The SMILES string of the molecule is CC(=O)Nc1cc(N)c(C#N)c(Br)n1. The lowest BCUT2D eigenvalue weighted by Gasteiger charge is -2.04. The second-order valence-electron chi connectivity index (χ2n) is 2.56. The Morgan fingerprint density at radius 2 is 2.43 bits per heavy atom. The van der Waals surface area contributed by atoms with Gasteiger partial charge >= 0.3 is 0 Å². The molecule has 1 rings (SSSR count). The zero-order chi connectivity index (χ0) is 10.7. The number of nitriles is 1. The number of nitrogens with two attached hydrogens (primary N) is 1. The number of pyridine rings is 1. The van der Waals surface area contributed by atoms with Crippen LogP contribution >= 0.6 is 15.9 Å². The first-order valence-corrected chi connectivity index (χ1v) is 4.47. The zero-order valence-corrected chi connectivity index (χ0v) is 8.92. The fraction of sp³-hybridized carbons (Fsp3) is 0.125. The van der Waals surface area contributed by atoms with Crippen molar-refractivity contribution in [3.05, 3.63) is 16.2 Å². The highest BCUT2D eigenvalue weighted by molar-refractivity contribution is 9.10. The molecule has 6 heteroatoms. The highest BCUT2D eigenvalue weighted by atomic mass is 79.9. The Balaban J connectivity index is 3.15. The maximum Gasteiger partial charge on any atom is 0.222 e. The van der Waals surface area contributed by atoms with Gasteiger partial charge < -0.3 is 11.1 Å². The van der Waals surface area contributed by atoms with Gasteiger partial charge in [0.25, 0.3) is 0 Å². The average molecular weight is 255 g/mol. The highest BCUT2D eigenvalue weighted by Gasteiger charge is 2.08. The van der Waals surface area contributed by atoms with Crippen LogP contribution in [0.4, 0.5) is 11.5 Å². The number of carbonyl (C=O) groups excluding carboxylic acids is 1. The molecule has 0 saturated carbocycles. The molecule has 0 atom stereocenters. The molecule has 72 valence electrons. The Morgan fingerprint density at radius 1 is 1.79 bits per heavy atom. The first-order valence-electron chi connectivity index (χ1n) is 3.68. The van der Waals surface area contributed by atoms with Gasteiger partial charge in [0.15, 0.2) is 0 Å². The summed E-state index contributed by atoms with van der Waals surface area (Å²) in [7, 11) is 0. The lowest BCUT2D eigenvalue weighted by molar-refractivity contribution is -0.114. The summed E-state index contributed by atoms with van der Waals surface area (Å²) in [5.41, 5.74) is 6.10. The van der Waals surface area contributed by atoms with Gasteiger partial charge in [-0.25, -0.2) is 4.98 Å². The van der Waals surface area contributed by atoms with Gasteiger partial charge in [-0.3, -0.25) is 4.79 Å². The molecular formula is C8H7BrN4O. The first kappa shape index (κ1) is 10.5. The highest BCUT2D eigenvalue weighted by Crippen LogP contribution is 2.22. The summed E-state index contributed by atoms with van der Waals surface area (Å²) < 4.78 is 0.323. The average Bonchev–Trinajstić information content (AvgIpc) is 2.01. The topological polar surface area (TPSA) is 91.8 Å². The number of hydrogen-bond acceptors (Lipinski definition) is 4. The predicted octanol–water partition coefficient (Wildman–Crippen LogP) is 1.26. The van der Waals surface area contributed by atoms with E-state index in [0.29, 0.717) is 10.4 Å². The molecule has 5 nitrogen and oxygen atoms in total. The van der Waals surface area contributed by atoms with Gasteiger partial charge in [-0.1, -0.05) is 0 Å². The van der Waals surface area contributed by atoms with Crippen molar-refractivity contribution in [3.63, 3.8) is 0 Å². The normalized spacial score (nSPS) is 9.21. The van der Waals surface area contributed by atoms with Crippen molar-refractivity contribution in [3.8, 4) is 6.07 Å². The molecule has 1 aromatic rings. The summed E-state index contributed by atoms with van der Waals surface area (Å²) in [5.74, 6) is 0.0781. The van der Waals surface area contributed by atoms with E-state index < -0.39 is 0 Å². The minimum absolute atomic E-state index is 0.242. The van der Waals surface area contributed by atoms with E-state index >= 15 is 0 Å². The monoisotopic (exact) mass is 254 g/mol. The van der Waals surface area contributed by atoms with Crippen LogP contribution in [0.3, 0.4) is 0 Å². The second kappa shape index (κ2) is 4.07. The van der Waals surface area contributed by atoms with E-state index in [2.05, 4.69) is 26.2 Å². The van der Waals surface area contributed by atoms with Gasteiger partial charge in [0.2, 0.25) is 5.91 Å². The number of halogens is 1. The number of aromatic nitrogens is 1. The van der Waals surface area contributed by atoms with Gasteiger partial charge in [-0.05, 0) is 15.9 Å². The van der Waals surface area contributed by atoms with E-state index in [4.69, 9.17) is 11.0 Å². The van der Waals surface area contributed by atoms with Crippen molar-refractivity contribution in [1.29, 1.82) is 5.26 Å². The molecule has 0 saturated heterocycles. The number of nitrogens with zero attached hydrogens (tertiary/aromatic N) is 2. The molecule has 0 aromatic carbocycles. The molecule has 1 heterocycles. The number of nitrogens with one attached hydrogen (secondary N) is 1. The molecule has 14 heavy (non-hydrogen) atoms. The van der Waals surface area contributed by atoms with Crippen molar-refractivity contribution in [1.82, 2.24) is 4.98 Å². The van der Waals surface area contributed by atoms with E-state index in [9.17, 15) is 4.79 Å². The van der Waals surface area contributed by atoms with Crippen LogP contribution in [0, 0.1) is 11.3 Å². The minimum atomic E-state index is -0.242. The molecule has 0 aliphatic heterocycles. The summed E-state index contributed by atoms with van der Waals surface area (Å²) in [4.78, 5) is 14.6. The largest absolute Gasteiger partial charge is 0.397 e. The molecule has 0 radical (unpaired) electrons. The third-order valence-corrected chi connectivity index (χ3v) is 2.00. The van der Waals surface area contributed by atoms with Crippen LogP contribution in [0.15, 0.2) is 10.7 Å². The third-order valence-electron chi connectivity index (χ3n) is 1.42. The number of carbonyl (C=O) groups is 1. The van der Waals surface area contributed by atoms with Crippen LogP contribution in [0.2, 0.25) is 0 Å². The standard InChI is InChI=1S/C8H7BrN4O/c1-4(14)12-7-2-6(11)5(3-10)8(9)13-7/h2H,1H3,(H3,11,12,13,14). The Morgan fingerprint density at radius 3 is 2.86 bits per heavy atom. The molecule has 0 aliphatic carbocycles. The summed E-state index contributed by atoms with van der Waals surface area (Å²) in [6, 6.07) is 3.33. The van der Waals surface area contributed by atoms with Crippen LogP contribution < -0.4 is 11.1 Å². The van der Waals surface area contributed by atoms with Gasteiger partial charge in [0, 0.05) is 13.0 Å². The smallest absolute Gasteiger partial charge is 0.222 e. The van der Waals surface area contributed by atoms with Crippen molar-refractivity contribution in [2.75, 3.05) is 11.1 Å². The van der Waals surface area contributed by atoms with Gasteiger partial charge in [-0.2, -0.15) is 5.26 Å². The third kappa shape index (κ3) is 2.20. The predicted molar refractivity (Wildman–Crippen MR) is 55.4 cm³/mol. The fourth-order valence-electron chi connectivity index (χ4n) is 0.888. The van der Waals surface area contributed by atoms with E-state index in [-0.39, 0.29) is 17.2 Å². The number of amides is 1. The van der Waals surface area contributed by atoms with Crippen LogP contribution in [-0.4, -0.2) is 10.9 Å². The Kier molecular flexibility index (Phi) is 3.04. The van der Waals surface area contributed by atoms with Crippen molar-refractivity contribution in [2.24, 2.45) is 0 Å². The van der Waals surface area contributed by atoms with Crippen molar-refractivity contribution in [2.45, 2.75) is 6.92 Å². The fourth-order valence-corrected chi connectivity index (χ4v) is 1.40. The van der Waals surface area contributed by atoms with E-state index in [1.807, 2.05) is 6.07 Å². The molecule has 0 bridgehead atoms. The Labute approximate surface area is 89.1 Å². The molecule has 0 fully saturated rings. The molecular weight excluding hydrogens is 248 g/mol. The van der Waals surface area contributed by atoms with Gasteiger partial charge in [0.05, 0.1) is 5.69 Å². The van der Waals surface area contributed by atoms with Crippen molar-refractivity contribution >= 4 is 33.3 Å². The molecule has 0 unspecified atom stereocenters. The zero-order valence-electron chi connectivity index (χ0n) is 7.34. The Hall–Kier alpha value is -1.61. The van der Waals surface area contributed by atoms with Crippen LogP contribution in [0.5, 0.6) is 0 Å². The van der Waals surface area contributed by atoms with Gasteiger partial charge in [0.1, 0.15) is 22.1 Å². The molecule has 3 N–H and O–H groups in total. The molecule has 0 aliphatic rings. The maximum absolute atomic E-state index is 10.7. The number of anilines is 2. The molecule has 0 spiro atoms. The lowest BCUT2D eigenvalue weighted by Crippen LogP contribution is -2.08. The maximum atomic E-state index is 10.7. The quantitative estimate of drug-likeness (QED) is 0.739.